The summed E-state index contributed by atoms with van der Waals surface area (Å²) in [5, 5.41) is 7.97. The van der Waals surface area contributed by atoms with Crippen LogP contribution in [-0.4, -0.2) is 5.78 Å². The fraction of sp³-hybridized carbons (Fsp3) is 0.261. The maximum absolute atomic E-state index is 11.8. The Labute approximate surface area is 142 Å². The monoisotopic (exact) mass is 314 g/mol. The average Bonchev–Trinajstić information content (AvgIpc) is 2.59. The van der Waals surface area contributed by atoms with Crippen LogP contribution < -0.4 is 0 Å². The molecule has 0 unspecified atom stereocenters. The van der Waals surface area contributed by atoms with Crippen LogP contribution >= 0.6 is 0 Å². The summed E-state index contributed by atoms with van der Waals surface area (Å²) in [5.41, 5.74) is 1.33. The maximum atomic E-state index is 11.8. The molecule has 1 nitrogen and oxygen atoms in total. The Morgan fingerprint density at radius 2 is 1.38 bits per heavy atom. The zero-order valence-corrected chi connectivity index (χ0v) is 14.3. The van der Waals surface area contributed by atoms with Crippen molar-refractivity contribution < 1.29 is 4.79 Å². The van der Waals surface area contributed by atoms with E-state index in [9.17, 15) is 4.79 Å². The summed E-state index contributed by atoms with van der Waals surface area (Å²) in [7, 11) is 0. The second-order valence-corrected chi connectivity index (χ2v) is 7.10. The van der Waals surface area contributed by atoms with Gasteiger partial charge in [0.05, 0.1) is 0 Å². The van der Waals surface area contributed by atoms with Crippen LogP contribution in [0.2, 0.25) is 0 Å². The Balaban J connectivity index is 1.73. The quantitative estimate of drug-likeness (QED) is 0.405. The van der Waals surface area contributed by atoms with Crippen LogP contribution in [0.1, 0.15) is 32.3 Å². The van der Waals surface area contributed by atoms with E-state index in [-0.39, 0.29) is 5.92 Å². The number of Topliss-reactive ketones (excluding diaryl/α,β-unsaturated/α-hetero) is 1. The molecule has 0 heterocycles. The zero-order chi connectivity index (χ0) is 16.7. The van der Waals surface area contributed by atoms with Gasteiger partial charge in [-0.2, -0.15) is 0 Å². The van der Waals surface area contributed by atoms with Gasteiger partial charge in [-0.15, -0.1) is 0 Å². The summed E-state index contributed by atoms with van der Waals surface area (Å²) in [4.78, 5) is 11.8. The van der Waals surface area contributed by atoms with E-state index in [0.29, 0.717) is 12.2 Å². The first kappa shape index (κ1) is 15.1. The molecular formula is C23H22O. The first-order chi connectivity index (χ1) is 11.6. The summed E-state index contributed by atoms with van der Waals surface area (Å²) in [6, 6.07) is 20.0. The lowest BCUT2D eigenvalue weighted by atomic mass is 9.91. The van der Waals surface area contributed by atoms with E-state index in [1.807, 2.05) is 13.8 Å². The molecule has 0 radical (unpaired) electrons. The van der Waals surface area contributed by atoms with Gasteiger partial charge in [-0.25, -0.2) is 0 Å². The molecule has 0 bridgehead atoms. The van der Waals surface area contributed by atoms with Crippen LogP contribution in [-0.2, 0) is 11.2 Å². The fourth-order valence-corrected chi connectivity index (χ4v) is 3.72. The molecule has 0 N–H and O–H groups in total. The van der Waals surface area contributed by atoms with Crippen molar-refractivity contribution in [3.8, 4) is 0 Å². The van der Waals surface area contributed by atoms with Crippen LogP contribution in [0.15, 0.2) is 54.6 Å². The summed E-state index contributed by atoms with van der Waals surface area (Å²) >= 11 is 0. The van der Waals surface area contributed by atoms with Crippen LogP contribution in [0, 0.1) is 5.92 Å². The first-order valence-corrected chi connectivity index (χ1v) is 8.82. The summed E-state index contributed by atoms with van der Waals surface area (Å²) < 4.78 is 0. The van der Waals surface area contributed by atoms with E-state index in [4.69, 9.17) is 0 Å². The number of hydrogen-bond donors (Lipinski definition) is 0. The van der Waals surface area contributed by atoms with Gasteiger partial charge in [0.15, 0.2) is 0 Å². The van der Waals surface area contributed by atoms with Crippen molar-refractivity contribution in [2.24, 2.45) is 5.92 Å². The molecule has 0 aliphatic rings. The molecule has 0 saturated carbocycles. The molecule has 0 aromatic heterocycles. The molecule has 0 amide bonds. The van der Waals surface area contributed by atoms with Gasteiger partial charge in [0.25, 0.3) is 0 Å². The van der Waals surface area contributed by atoms with E-state index < -0.39 is 0 Å². The summed E-state index contributed by atoms with van der Waals surface area (Å²) in [5.74, 6) is 0.517. The Morgan fingerprint density at radius 3 is 1.96 bits per heavy atom. The highest BCUT2D eigenvalue weighted by molar-refractivity contribution is 6.23. The van der Waals surface area contributed by atoms with Crippen LogP contribution in [0.3, 0.4) is 0 Å². The van der Waals surface area contributed by atoms with Crippen LogP contribution in [0.5, 0.6) is 0 Å². The third-order valence-corrected chi connectivity index (χ3v) is 5.06. The van der Waals surface area contributed by atoms with Crippen molar-refractivity contribution in [1.29, 1.82) is 0 Å². The molecular weight excluding hydrogens is 292 g/mol. The highest BCUT2D eigenvalue weighted by Crippen LogP contribution is 2.35. The second kappa shape index (κ2) is 5.90. The Hall–Kier alpha value is -2.41. The average molecular weight is 314 g/mol. The number of ketones is 1. The Kier molecular flexibility index (Phi) is 3.72. The summed E-state index contributed by atoms with van der Waals surface area (Å²) in [6.07, 6.45) is 2.59. The number of carbonyl (C=O) groups excluding carboxylic acids is 1. The standard InChI is InChI=1S/C23H22O/c1-15(2)21(24)8-3-5-16-13-19-11-9-17-6-4-7-18-10-12-20(14-16)23(19)22(17)18/h4,6-7,9-15H,3,5,8H2,1-2H3. The molecule has 120 valence electrons. The fourth-order valence-electron chi connectivity index (χ4n) is 3.72. The number of aryl methyl sites for hydroxylation is 1. The van der Waals surface area contributed by atoms with Crippen molar-refractivity contribution in [3.05, 3.63) is 60.2 Å². The van der Waals surface area contributed by atoms with E-state index >= 15 is 0 Å². The van der Waals surface area contributed by atoms with Crippen LogP contribution in [0.4, 0.5) is 0 Å². The number of hydrogen-bond acceptors (Lipinski definition) is 1. The first-order valence-electron chi connectivity index (χ1n) is 8.82. The smallest absolute Gasteiger partial charge is 0.135 e. The van der Waals surface area contributed by atoms with E-state index in [0.717, 1.165) is 12.8 Å². The molecule has 1 heteroatoms. The molecule has 0 atom stereocenters. The lowest BCUT2D eigenvalue weighted by Gasteiger charge is -2.12. The van der Waals surface area contributed by atoms with Crippen molar-refractivity contribution in [2.45, 2.75) is 33.1 Å². The highest BCUT2D eigenvalue weighted by atomic mass is 16.1. The van der Waals surface area contributed by atoms with Gasteiger partial charge < -0.3 is 0 Å². The third kappa shape index (κ3) is 2.54. The topological polar surface area (TPSA) is 17.1 Å². The second-order valence-electron chi connectivity index (χ2n) is 7.10. The molecule has 0 aliphatic heterocycles. The molecule has 4 rings (SSSR count). The summed E-state index contributed by atoms with van der Waals surface area (Å²) in [6.45, 7) is 3.96. The largest absolute Gasteiger partial charge is 0.299 e. The molecule has 4 aromatic carbocycles. The minimum absolute atomic E-state index is 0.149. The zero-order valence-electron chi connectivity index (χ0n) is 14.3. The minimum Gasteiger partial charge on any atom is -0.299 e. The van der Waals surface area contributed by atoms with Gasteiger partial charge in [0, 0.05) is 12.3 Å². The molecule has 0 aliphatic carbocycles. The molecule has 0 saturated heterocycles. The molecule has 0 spiro atoms. The van der Waals surface area contributed by atoms with Gasteiger partial charge in [0.2, 0.25) is 0 Å². The molecule has 4 aromatic rings. The minimum atomic E-state index is 0.149. The number of benzene rings is 4. The Morgan fingerprint density at radius 1 is 0.833 bits per heavy atom. The third-order valence-electron chi connectivity index (χ3n) is 5.06. The highest BCUT2D eigenvalue weighted by Gasteiger charge is 2.10. The van der Waals surface area contributed by atoms with E-state index in [1.54, 1.807) is 0 Å². The van der Waals surface area contributed by atoms with E-state index in [2.05, 4.69) is 54.6 Å². The van der Waals surface area contributed by atoms with Gasteiger partial charge in [-0.1, -0.05) is 68.4 Å². The van der Waals surface area contributed by atoms with Crippen LogP contribution in [0.25, 0.3) is 32.3 Å². The lowest BCUT2D eigenvalue weighted by molar-refractivity contribution is -0.121. The lowest BCUT2D eigenvalue weighted by Crippen LogP contribution is -2.06. The van der Waals surface area contributed by atoms with Gasteiger partial charge in [-0.05, 0) is 50.7 Å². The number of rotatable bonds is 5. The van der Waals surface area contributed by atoms with Gasteiger partial charge in [0.1, 0.15) is 5.78 Å². The van der Waals surface area contributed by atoms with Gasteiger partial charge in [-0.3, -0.25) is 4.79 Å². The van der Waals surface area contributed by atoms with E-state index in [1.165, 1.54) is 37.9 Å². The van der Waals surface area contributed by atoms with Crippen molar-refractivity contribution in [2.75, 3.05) is 0 Å². The van der Waals surface area contributed by atoms with Crippen molar-refractivity contribution in [3.63, 3.8) is 0 Å². The predicted molar refractivity (Wildman–Crippen MR) is 103 cm³/mol. The predicted octanol–water partition coefficient (Wildman–Crippen LogP) is 6.13. The van der Waals surface area contributed by atoms with Gasteiger partial charge >= 0.3 is 0 Å². The van der Waals surface area contributed by atoms with Crippen molar-refractivity contribution in [1.82, 2.24) is 0 Å². The maximum Gasteiger partial charge on any atom is 0.135 e. The number of carbonyl (C=O) groups is 1. The molecule has 24 heavy (non-hydrogen) atoms. The normalized spacial score (nSPS) is 12.0. The SMILES string of the molecule is CC(C)C(=O)CCCc1cc2ccc3cccc4ccc(c1)c2c34. The Bertz CT molecular complexity index is 962. The molecule has 0 fully saturated rings. The van der Waals surface area contributed by atoms with Crippen molar-refractivity contribution >= 4 is 38.1 Å².